The molecule has 27 heavy (non-hydrogen) atoms. The van der Waals surface area contributed by atoms with E-state index in [0.29, 0.717) is 11.7 Å². The van der Waals surface area contributed by atoms with E-state index in [1.807, 2.05) is 11.0 Å². The number of hydrogen-bond donors (Lipinski definition) is 1. The molecule has 5 nitrogen and oxygen atoms in total. The molecule has 0 spiro atoms. The van der Waals surface area contributed by atoms with Gasteiger partial charge in [-0.05, 0) is 49.8 Å². The third-order valence-electron chi connectivity index (χ3n) is 5.88. The Morgan fingerprint density at radius 1 is 1.19 bits per heavy atom. The normalized spacial score (nSPS) is 20.9. The average molecular weight is 386 g/mol. The van der Waals surface area contributed by atoms with E-state index in [9.17, 15) is 9.59 Å². The summed E-state index contributed by atoms with van der Waals surface area (Å²) in [5.74, 6) is 0.206. The fourth-order valence-electron chi connectivity index (χ4n) is 4.32. The second-order valence-electron chi connectivity index (χ2n) is 7.69. The Bertz CT molecular complexity index is 841. The molecule has 1 saturated carbocycles. The number of hydrogen-bond acceptors (Lipinski definition) is 4. The molecular weight excluding hydrogens is 358 g/mol. The van der Waals surface area contributed by atoms with Crippen molar-refractivity contribution in [3.05, 3.63) is 23.8 Å². The van der Waals surface area contributed by atoms with Crippen LogP contribution in [0.15, 0.2) is 18.2 Å². The minimum Gasteiger partial charge on any atom is -0.330 e. The van der Waals surface area contributed by atoms with E-state index in [-0.39, 0.29) is 23.8 Å². The number of carbonyl (C=O) groups is 2. The van der Waals surface area contributed by atoms with Crippen LogP contribution in [-0.4, -0.2) is 34.3 Å². The van der Waals surface area contributed by atoms with Gasteiger partial charge in [0.1, 0.15) is 6.04 Å². The zero-order valence-corrected chi connectivity index (χ0v) is 16.7. The van der Waals surface area contributed by atoms with Crippen molar-refractivity contribution < 1.29 is 9.59 Å². The van der Waals surface area contributed by atoms with E-state index >= 15 is 0 Å². The monoisotopic (exact) mass is 385 g/mol. The minimum absolute atomic E-state index is 0.0913. The van der Waals surface area contributed by atoms with Crippen LogP contribution in [0.25, 0.3) is 10.2 Å². The van der Waals surface area contributed by atoms with E-state index in [0.717, 1.165) is 55.2 Å². The van der Waals surface area contributed by atoms with Gasteiger partial charge in [-0.15, -0.1) is 0 Å². The number of nitrogens with one attached hydrogen (secondary N) is 1. The fourth-order valence-corrected chi connectivity index (χ4v) is 5.25. The molecule has 4 rings (SSSR count). The standard InChI is InChI=1S/C21H27N3O2S/c1-2-14-10-11-16-18(13-14)27-21(22-16)23-19(25)17-9-6-12-24(17)20(26)15-7-4-3-5-8-15/h10-11,13,15,17H,2-9,12H2,1H3,(H,22,23,25). The summed E-state index contributed by atoms with van der Waals surface area (Å²) < 4.78 is 1.09. The topological polar surface area (TPSA) is 62.3 Å². The van der Waals surface area contributed by atoms with Crippen LogP contribution in [0.5, 0.6) is 0 Å². The summed E-state index contributed by atoms with van der Waals surface area (Å²) in [6, 6.07) is 5.87. The van der Waals surface area contributed by atoms with E-state index in [1.54, 1.807) is 0 Å². The van der Waals surface area contributed by atoms with Crippen molar-refractivity contribution >= 4 is 38.5 Å². The third kappa shape index (κ3) is 3.86. The zero-order valence-electron chi connectivity index (χ0n) is 15.9. The second kappa shape index (κ2) is 7.97. The SMILES string of the molecule is CCc1ccc2nc(NC(=O)C3CCCN3C(=O)C3CCCCC3)sc2c1. The Labute approximate surface area is 164 Å². The van der Waals surface area contributed by atoms with Crippen LogP contribution >= 0.6 is 11.3 Å². The van der Waals surface area contributed by atoms with Gasteiger partial charge in [0, 0.05) is 12.5 Å². The smallest absolute Gasteiger partial charge is 0.248 e. The molecule has 6 heteroatoms. The average Bonchev–Trinajstić information content (AvgIpc) is 3.34. The highest BCUT2D eigenvalue weighted by molar-refractivity contribution is 7.22. The number of nitrogens with zero attached hydrogens (tertiary/aromatic N) is 2. The van der Waals surface area contributed by atoms with Gasteiger partial charge in [-0.2, -0.15) is 0 Å². The highest BCUT2D eigenvalue weighted by Gasteiger charge is 2.37. The molecule has 1 aromatic carbocycles. The lowest BCUT2D eigenvalue weighted by molar-refractivity contribution is -0.141. The van der Waals surface area contributed by atoms with Crippen molar-refractivity contribution in [3.63, 3.8) is 0 Å². The molecule has 1 aliphatic heterocycles. The van der Waals surface area contributed by atoms with Gasteiger partial charge < -0.3 is 10.2 Å². The Morgan fingerprint density at radius 3 is 2.78 bits per heavy atom. The number of aryl methyl sites for hydroxylation is 1. The molecule has 1 aromatic heterocycles. The Balaban J connectivity index is 1.46. The van der Waals surface area contributed by atoms with E-state index in [4.69, 9.17) is 0 Å². The van der Waals surface area contributed by atoms with E-state index < -0.39 is 0 Å². The van der Waals surface area contributed by atoms with Crippen molar-refractivity contribution in [3.8, 4) is 0 Å². The van der Waals surface area contributed by atoms with Crippen LogP contribution in [0.1, 0.15) is 57.4 Å². The number of thiazole rings is 1. The molecular formula is C21H27N3O2S. The Morgan fingerprint density at radius 2 is 2.00 bits per heavy atom. The number of anilines is 1. The van der Waals surface area contributed by atoms with E-state index in [1.165, 1.54) is 23.3 Å². The molecule has 0 bridgehead atoms. The molecule has 2 fully saturated rings. The lowest BCUT2D eigenvalue weighted by Gasteiger charge is -2.29. The molecule has 0 radical (unpaired) electrons. The number of amides is 2. The third-order valence-corrected chi connectivity index (χ3v) is 6.82. The van der Waals surface area contributed by atoms with Crippen molar-refractivity contribution in [2.75, 3.05) is 11.9 Å². The van der Waals surface area contributed by atoms with Gasteiger partial charge >= 0.3 is 0 Å². The molecule has 1 aliphatic carbocycles. The second-order valence-corrected chi connectivity index (χ2v) is 8.72. The summed E-state index contributed by atoms with van der Waals surface area (Å²) in [7, 11) is 0. The van der Waals surface area contributed by atoms with Gasteiger partial charge in [0.2, 0.25) is 11.8 Å². The minimum atomic E-state index is -0.349. The summed E-state index contributed by atoms with van der Waals surface area (Å²) in [6.07, 6.45) is 8.06. The predicted molar refractivity (Wildman–Crippen MR) is 109 cm³/mol. The van der Waals surface area contributed by atoms with E-state index in [2.05, 4.69) is 29.4 Å². The van der Waals surface area contributed by atoms with Crippen molar-refractivity contribution in [1.29, 1.82) is 0 Å². The predicted octanol–water partition coefficient (Wildman–Crippen LogP) is 4.37. The van der Waals surface area contributed by atoms with Crippen LogP contribution in [0.3, 0.4) is 0 Å². The number of fused-ring (bicyclic) bond motifs is 1. The van der Waals surface area contributed by atoms with Gasteiger partial charge in [-0.1, -0.05) is 43.6 Å². The van der Waals surface area contributed by atoms with Crippen LogP contribution in [-0.2, 0) is 16.0 Å². The molecule has 2 aromatic rings. The zero-order chi connectivity index (χ0) is 18.8. The summed E-state index contributed by atoms with van der Waals surface area (Å²) in [5, 5.41) is 3.60. The lowest BCUT2D eigenvalue weighted by atomic mass is 9.88. The molecule has 1 N–H and O–H groups in total. The molecule has 1 atom stereocenters. The first-order valence-electron chi connectivity index (χ1n) is 10.2. The molecule has 2 heterocycles. The first-order valence-corrected chi connectivity index (χ1v) is 11.0. The van der Waals surface area contributed by atoms with Gasteiger partial charge in [0.25, 0.3) is 0 Å². The molecule has 2 amide bonds. The fraction of sp³-hybridized carbons (Fsp3) is 0.571. The van der Waals surface area contributed by atoms with Gasteiger partial charge in [-0.25, -0.2) is 4.98 Å². The van der Waals surface area contributed by atoms with Crippen LogP contribution < -0.4 is 5.32 Å². The maximum Gasteiger partial charge on any atom is 0.248 e. The number of carbonyl (C=O) groups excluding carboxylic acids is 2. The lowest BCUT2D eigenvalue weighted by Crippen LogP contribution is -2.46. The summed E-state index contributed by atoms with van der Waals surface area (Å²) >= 11 is 1.51. The van der Waals surface area contributed by atoms with Crippen LogP contribution in [0.4, 0.5) is 5.13 Å². The van der Waals surface area contributed by atoms with Crippen molar-refractivity contribution in [2.24, 2.45) is 5.92 Å². The summed E-state index contributed by atoms with van der Waals surface area (Å²) in [5.41, 5.74) is 2.18. The summed E-state index contributed by atoms with van der Waals surface area (Å²) in [6.45, 7) is 2.83. The Hall–Kier alpha value is -1.95. The molecule has 1 unspecified atom stereocenters. The summed E-state index contributed by atoms with van der Waals surface area (Å²) in [4.78, 5) is 32.2. The largest absolute Gasteiger partial charge is 0.330 e. The highest BCUT2D eigenvalue weighted by atomic mass is 32.1. The first kappa shape index (κ1) is 18.4. The number of likely N-dealkylation sites (tertiary alicyclic amines) is 1. The van der Waals surface area contributed by atoms with Gasteiger partial charge in [0.15, 0.2) is 5.13 Å². The first-order chi connectivity index (χ1) is 13.2. The molecule has 144 valence electrons. The molecule has 1 saturated heterocycles. The van der Waals surface area contributed by atoms with Crippen molar-refractivity contribution in [2.45, 2.75) is 64.3 Å². The quantitative estimate of drug-likeness (QED) is 0.850. The number of benzene rings is 1. The van der Waals surface area contributed by atoms with Crippen LogP contribution in [0.2, 0.25) is 0 Å². The number of rotatable bonds is 4. The Kier molecular flexibility index (Phi) is 5.43. The maximum absolute atomic E-state index is 12.9. The molecule has 2 aliphatic rings. The van der Waals surface area contributed by atoms with Gasteiger partial charge in [-0.3, -0.25) is 9.59 Å². The van der Waals surface area contributed by atoms with Gasteiger partial charge in [0.05, 0.1) is 10.2 Å². The van der Waals surface area contributed by atoms with Crippen LogP contribution in [0, 0.1) is 5.92 Å². The maximum atomic E-state index is 12.9. The number of aromatic nitrogens is 1. The highest BCUT2D eigenvalue weighted by Crippen LogP contribution is 2.31. The van der Waals surface area contributed by atoms with Crippen molar-refractivity contribution in [1.82, 2.24) is 9.88 Å².